The molecule has 1 aromatic heterocycles. The lowest BCUT2D eigenvalue weighted by Gasteiger charge is -2.22. The van der Waals surface area contributed by atoms with Crippen molar-refractivity contribution in [1.29, 1.82) is 0 Å². The Morgan fingerprint density at radius 2 is 2.40 bits per heavy atom. The molecule has 0 aliphatic carbocycles. The van der Waals surface area contributed by atoms with Gasteiger partial charge in [-0.1, -0.05) is 6.07 Å². The number of hydrogen-bond donors (Lipinski definition) is 2. The Hall–Kier alpha value is -1.62. The number of guanidine groups is 1. The zero-order valence-corrected chi connectivity index (χ0v) is 11.9. The van der Waals surface area contributed by atoms with Gasteiger partial charge in [0.25, 0.3) is 0 Å². The minimum Gasteiger partial charge on any atom is -0.373 e. The Bertz CT molecular complexity index is 462. The molecule has 5 nitrogen and oxygen atoms in total. The van der Waals surface area contributed by atoms with Crippen LogP contribution in [0.3, 0.4) is 0 Å². The topological polar surface area (TPSA) is 58.5 Å². The first-order valence-electron chi connectivity index (χ1n) is 7.45. The van der Waals surface area contributed by atoms with Gasteiger partial charge in [0, 0.05) is 12.7 Å². The summed E-state index contributed by atoms with van der Waals surface area (Å²) in [5.74, 6) is 0.860. The van der Waals surface area contributed by atoms with Gasteiger partial charge in [0.1, 0.15) is 0 Å². The summed E-state index contributed by atoms with van der Waals surface area (Å²) in [7, 11) is 0. The normalized spacial score (nSPS) is 28.6. The predicted molar refractivity (Wildman–Crippen MR) is 78.5 cm³/mol. The summed E-state index contributed by atoms with van der Waals surface area (Å²) < 4.78 is 5.87. The molecule has 108 valence electrons. The summed E-state index contributed by atoms with van der Waals surface area (Å²) in [4.78, 5) is 8.90. The fourth-order valence-corrected chi connectivity index (χ4v) is 2.94. The molecule has 3 atom stereocenters. The molecule has 2 aliphatic heterocycles. The zero-order chi connectivity index (χ0) is 13.8. The third-order valence-electron chi connectivity index (χ3n) is 3.90. The van der Waals surface area contributed by atoms with E-state index in [0.29, 0.717) is 24.8 Å². The van der Waals surface area contributed by atoms with Gasteiger partial charge in [0.15, 0.2) is 5.96 Å². The maximum Gasteiger partial charge on any atom is 0.191 e. The van der Waals surface area contributed by atoms with Crippen molar-refractivity contribution in [3.8, 4) is 0 Å². The van der Waals surface area contributed by atoms with E-state index in [1.165, 1.54) is 12.8 Å². The van der Waals surface area contributed by atoms with Crippen LogP contribution < -0.4 is 10.6 Å². The third kappa shape index (κ3) is 3.10. The monoisotopic (exact) mass is 274 g/mol. The van der Waals surface area contributed by atoms with Crippen LogP contribution in [0.1, 0.15) is 31.9 Å². The maximum atomic E-state index is 5.87. The first-order valence-corrected chi connectivity index (χ1v) is 7.45. The SMILES string of the molecule is CCNC(=NCc1ccccn1)N[C@H]1C[C@@H]2CC[C@@H]1O2. The number of nitrogens with zero attached hydrogens (tertiary/aromatic N) is 2. The van der Waals surface area contributed by atoms with Gasteiger partial charge in [-0.2, -0.15) is 0 Å². The molecule has 2 bridgehead atoms. The molecule has 0 aromatic carbocycles. The van der Waals surface area contributed by atoms with Gasteiger partial charge in [-0.05, 0) is 38.3 Å². The average molecular weight is 274 g/mol. The summed E-state index contributed by atoms with van der Waals surface area (Å²) in [5, 5.41) is 6.80. The van der Waals surface area contributed by atoms with Crippen molar-refractivity contribution in [1.82, 2.24) is 15.6 Å². The highest BCUT2D eigenvalue weighted by Gasteiger charge is 2.41. The van der Waals surface area contributed by atoms with Gasteiger partial charge in [0.2, 0.25) is 0 Å². The highest BCUT2D eigenvalue weighted by atomic mass is 16.5. The highest BCUT2D eigenvalue weighted by molar-refractivity contribution is 5.80. The molecule has 1 aromatic rings. The van der Waals surface area contributed by atoms with Crippen molar-refractivity contribution in [3.05, 3.63) is 30.1 Å². The van der Waals surface area contributed by atoms with Crippen LogP contribution in [0, 0.1) is 0 Å². The number of nitrogens with one attached hydrogen (secondary N) is 2. The van der Waals surface area contributed by atoms with Crippen LogP contribution in [0.5, 0.6) is 0 Å². The lowest BCUT2D eigenvalue weighted by atomic mass is 9.96. The molecular formula is C15H22N4O. The predicted octanol–water partition coefficient (Wildman–Crippen LogP) is 1.46. The molecule has 2 N–H and O–H groups in total. The molecule has 2 saturated heterocycles. The number of hydrogen-bond acceptors (Lipinski definition) is 3. The van der Waals surface area contributed by atoms with E-state index in [1.807, 2.05) is 18.2 Å². The minimum absolute atomic E-state index is 0.360. The molecule has 3 rings (SSSR count). The van der Waals surface area contributed by atoms with Crippen LogP contribution in [0.15, 0.2) is 29.4 Å². The van der Waals surface area contributed by atoms with E-state index in [2.05, 4.69) is 27.5 Å². The molecule has 0 saturated carbocycles. The fourth-order valence-electron chi connectivity index (χ4n) is 2.94. The second-order valence-electron chi connectivity index (χ2n) is 5.38. The molecule has 0 amide bonds. The fraction of sp³-hybridized carbons (Fsp3) is 0.600. The summed E-state index contributed by atoms with van der Waals surface area (Å²) in [6.07, 6.45) is 6.09. The minimum atomic E-state index is 0.360. The molecule has 0 unspecified atom stereocenters. The van der Waals surface area contributed by atoms with E-state index in [9.17, 15) is 0 Å². The maximum absolute atomic E-state index is 5.87. The second kappa shape index (κ2) is 6.22. The number of aliphatic imine (C=N–C) groups is 1. The summed E-state index contributed by atoms with van der Waals surface area (Å²) >= 11 is 0. The lowest BCUT2D eigenvalue weighted by molar-refractivity contribution is 0.0992. The van der Waals surface area contributed by atoms with Crippen LogP contribution in [0.2, 0.25) is 0 Å². The van der Waals surface area contributed by atoms with Crippen molar-refractivity contribution >= 4 is 5.96 Å². The van der Waals surface area contributed by atoms with Crippen LogP contribution in [0.4, 0.5) is 0 Å². The van der Waals surface area contributed by atoms with Gasteiger partial charge in [-0.15, -0.1) is 0 Å². The number of ether oxygens (including phenoxy) is 1. The Kier molecular flexibility index (Phi) is 4.16. The molecule has 2 fully saturated rings. The summed E-state index contributed by atoms with van der Waals surface area (Å²) in [6.45, 7) is 3.53. The highest BCUT2D eigenvalue weighted by Crippen LogP contribution is 2.34. The van der Waals surface area contributed by atoms with Crippen LogP contribution in [-0.4, -0.2) is 35.7 Å². The second-order valence-corrected chi connectivity index (χ2v) is 5.38. The summed E-state index contributed by atoms with van der Waals surface area (Å²) in [6, 6.07) is 6.30. The first-order chi connectivity index (χ1) is 9.85. The van der Waals surface area contributed by atoms with Crippen molar-refractivity contribution in [2.45, 2.75) is 51.0 Å². The van der Waals surface area contributed by atoms with Gasteiger partial charge in [0.05, 0.1) is 30.5 Å². The van der Waals surface area contributed by atoms with E-state index in [1.54, 1.807) is 6.20 Å². The largest absolute Gasteiger partial charge is 0.373 e. The molecule has 0 radical (unpaired) electrons. The lowest BCUT2D eigenvalue weighted by Crippen LogP contribution is -2.47. The van der Waals surface area contributed by atoms with E-state index in [-0.39, 0.29) is 0 Å². The number of rotatable bonds is 4. The molecule has 2 aliphatic rings. The smallest absolute Gasteiger partial charge is 0.191 e. The quantitative estimate of drug-likeness (QED) is 0.644. The Morgan fingerprint density at radius 3 is 3.05 bits per heavy atom. The zero-order valence-electron chi connectivity index (χ0n) is 11.9. The molecule has 3 heterocycles. The van der Waals surface area contributed by atoms with Crippen molar-refractivity contribution in [2.24, 2.45) is 4.99 Å². The van der Waals surface area contributed by atoms with Crippen LogP contribution >= 0.6 is 0 Å². The Labute approximate surface area is 119 Å². The van der Waals surface area contributed by atoms with Gasteiger partial charge >= 0.3 is 0 Å². The van der Waals surface area contributed by atoms with E-state index in [4.69, 9.17) is 4.74 Å². The molecule has 5 heteroatoms. The molecule has 0 spiro atoms. The van der Waals surface area contributed by atoms with Crippen molar-refractivity contribution < 1.29 is 4.74 Å². The van der Waals surface area contributed by atoms with Gasteiger partial charge in [-0.25, -0.2) is 4.99 Å². The molecule has 20 heavy (non-hydrogen) atoms. The van der Waals surface area contributed by atoms with Crippen molar-refractivity contribution in [2.75, 3.05) is 6.54 Å². The van der Waals surface area contributed by atoms with E-state index >= 15 is 0 Å². The van der Waals surface area contributed by atoms with E-state index in [0.717, 1.165) is 24.6 Å². The van der Waals surface area contributed by atoms with E-state index < -0.39 is 0 Å². The van der Waals surface area contributed by atoms with Crippen LogP contribution in [0.25, 0.3) is 0 Å². The average Bonchev–Trinajstić information content (AvgIpc) is 3.09. The van der Waals surface area contributed by atoms with Crippen LogP contribution in [-0.2, 0) is 11.3 Å². The Morgan fingerprint density at radius 1 is 1.45 bits per heavy atom. The third-order valence-corrected chi connectivity index (χ3v) is 3.90. The van der Waals surface area contributed by atoms with Gasteiger partial charge < -0.3 is 15.4 Å². The summed E-state index contributed by atoms with van der Waals surface area (Å²) in [5.41, 5.74) is 0.980. The number of fused-ring (bicyclic) bond motifs is 2. The van der Waals surface area contributed by atoms with Crippen molar-refractivity contribution in [3.63, 3.8) is 0 Å². The number of aromatic nitrogens is 1. The van der Waals surface area contributed by atoms with Gasteiger partial charge in [-0.3, -0.25) is 4.98 Å². The standard InChI is InChI=1S/C15H22N4O/c1-2-16-15(18-10-11-5-3-4-8-17-11)19-13-9-12-6-7-14(13)20-12/h3-5,8,12-14H,2,6-7,9-10H2,1H3,(H2,16,18,19)/t12-,13-,14-/m0/s1. The Balaban J connectivity index is 1.60. The molecular weight excluding hydrogens is 252 g/mol. The number of pyridine rings is 1. The first kappa shape index (κ1) is 13.4.